The molecule has 0 radical (unpaired) electrons. The summed E-state index contributed by atoms with van der Waals surface area (Å²) in [6.45, 7) is 1.31. The van der Waals surface area contributed by atoms with Gasteiger partial charge in [-0.05, 0) is 31.8 Å². The van der Waals surface area contributed by atoms with Crippen LogP contribution in [-0.2, 0) is 11.3 Å². The number of nitrogens with zero attached hydrogens (tertiary/aromatic N) is 1. The van der Waals surface area contributed by atoms with Gasteiger partial charge in [-0.3, -0.25) is 4.79 Å². The SMILES string of the molecule is CN(C)CC(=O)NCc1ccc(C#CCN)cc1. The Kier molecular flexibility index (Phi) is 5.92. The summed E-state index contributed by atoms with van der Waals surface area (Å²) < 4.78 is 0. The van der Waals surface area contributed by atoms with Gasteiger partial charge < -0.3 is 16.0 Å². The molecule has 0 aromatic heterocycles. The van der Waals surface area contributed by atoms with Crippen LogP contribution in [0, 0.1) is 11.8 Å². The van der Waals surface area contributed by atoms with Crippen molar-refractivity contribution in [3.63, 3.8) is 0 Å². The first-order valence-electron chi connectivity index (χ1n) is 5.81. The lowest BCUT2D eigenvalue weighted by Gasteiger charge is -2.10. The summed E-state index contributed by atoms with van der Waals surface area (Å²) in [5.74, 6) is 5.77. The fourth-order valence-electron chi connectivity index (χ4n) is 1.40. The molecule has 18 heavy (non-hydrogen) atoms. The molecular formula is C14H19N3O. The number of amides is 1. The molecule has 1 amide bonds. The lowest BCUT2D eigenvalue weighted by Crippen LogP contribution is -2.32. The molecule has 0 spiro atoms. The zero-order valence-corrected chi connectivity index (χ0v) is 10.9. The van der Waals surface area contributed by atoms with E-state index in [1.165, 1.54) is 0 Å². The smallest absolute Gasteiger partial charge is 0.234 e. The molecule has 0 aliphatic carbocycles. The Labute approximate surface area is 108 Å². The van der Waals surface area contributed by atoms with Gasteiger partial charge in [0.15, 0.2) is 0 Å². The quantitative estimate of drug-likeness (QED) is 0.744. The van der Waals surface area contributed by atoms with Crippen LogP contribution in [0.25, 0.3) is 0 Å². The predicted octanol–water partition coefficient (Wildman–Crippen LogP) is 0.175. The average molecular weight is 245 g/mol. The second-order valence-electron chi connectivity index (χ2n) is 4.22. The molecule has 3 N–H and O–H groups in total. The Morgan fingerprint density at radius 3 is 2.56 bits per heavy atom. The first-order chi connectivity index (χ1) is 8.61. The Balaban J connectivity index is 2.46. The van der Waals surface area contributed by atoms with Crippen molar-refractivity contribution in [2.45, 2.75) is 6.54 Å². The van der Waals surface area contributed by atoms with Crippen LogP contribution < -0.4 is 11.1 Å². The van der Waals surface area contributed by atoms with Crippen molar-refractivity contribution < 1.29 is 4.79 Å². The minimum atomic E-state index is 0.0204. The molecule has 0 bridgehead atoms. The van der Waals surface area contributed by atoms with Gasteiger partial charge in [-0.1, -0.05) is 24.0 Å². The van der Waals surface area contributed by atoms with E-state index < -0.39 is 0 Å². The average Bonchev–Trinajstić information content (AvgIpc) is 2.34. The van der Waals surface area contributed by atoms with Crippen molar-refractivity contribution in [3.8, 4) is 11.8 Å². The molecule has 0 aliphatic heterocycles. The lowest BCUT2D eigenvalue weighted by atomic mass is 10.1. The number of nitrogens with one attached hydrogen (secondary N) is 1. The zero-order chi connectivity index (χ0) is 13.4. The van der Waals surface area contributed by atoms with E-state index >= 15 is 0 Å². The van der Waals surface area contributed by atoms with Crippen LogP contribution in [0.1, 0.15) is 11.1 Å². The predicted molar refractivity (Wildman–Crippen MR) is 72.8 cm³/mol. The van der Waals surface area contributed by atoms with Crippen LogP contribution in [0.4, 0.5) is 0 Å². The molecule has 0 fully saturated rings. The number of hydrogen-bond donors (Lipinski definition) is 2. The van der Waals surface area contributed by atoms with E-state index in [2.05, 4.69) is 17.2 Å². The first kappa shape index (κ1) is 14.2. The van der Waals surface area contributed by atoms with Crippen LogP contribution in [-0.4, -0.2) is 38.0 Å². The van der Waals surface area contributed by atoms with E-state index in [1.807, 2.05) is 43.3 Å². The van der Waals surface area contributed by atoms with Crippen LogP contribution in [0.3, 0.4) is 0 Å². The third-order valence-corrected chi connectivity index (χ3v) is 2.24. The van der Waals surface area contributed by atoms with Crippen LogP contribution in [0.15, 0.2) is 24.3 Å². The maximum Gasteiger partial charge on any atom is 0.234 e. The van der Waals surface area contributed by atoms with Crippen molar-refractivity contribution in [1.82, 2.24) is 10.2 Å². The summed E-state index contributed by atoms with van der Waals surface area (Å²) >= 11 is 0. The molecule has 4 nitrogen and oxygen atoms in total. The Hall–Kier alpha value is -1.83. The number of hydrogen-bond acceptors (Lipinski definition) is 3. The van der Waals surface area contributed by atoms with E-state index in [0.29, 0.717) is 19.6 Å². The van der Waals surface area contributed by atoms with Crippen molar-refractivity contribution >= 4 is 5.91 Å². The van der Waals surface area contributed by atoms with Crippen LogP contribution in [0.2, 0.25) is 0 Å². The van der Waals surface area contributed by atoms with E-state index in [0.717, 1.165) is 11.1 Å². The van der Waals surface area contributed by atoms with Gasteiger partial charge in [-0.15, -0.1) is 0 Å². The van der Waals surface area contributed by atoms with E-state index in [9.17, 15) is 4.79 Å². The third kappa shape index (κ3) is 5.48. The van der Waals surface area contributed by atoms with Crippen molar-refractivity contribution in [2.24, 2.45) is 5.73 Å². The highest BCUT2D eigenvalue weighted by Crippen LogP contribution is 2.02. The van der Waals surface area contributed by atoms with Gasteiger partial charge in [0.25, 0.3) is 0 Å². The molecule has 0 saturated heterocycles. The molecule has 0 saturated carbocycles. The number of rotatable bonds is 4. The number of carbonyl (C=O) groups excluding carboxylic acids is 1. The highest BCUT2D eigenvalue weighted by molar-refractivity contribution is 5.77. The normalized spacial score (nSPS) is 9.78. The first-order valence-corrected chi connectivity index (χ1v) is 5.81. The van der Waals surface area contributed by atoms with E-state index in [4.69, 9.17) is 5.73 Å². The maximum absolute atomic E-state index is 11.4. The van der Waals surface area contributed by atoms with Crippen LogP contribution >= 0.6 is 0 Å². The molecule has 1 aromatic carbocycles. The molecule has 1 aromatic rings. The summed E-state index contributed by atoms with van der Waals surface area (Å²) in [6.07, 6.45) is 0. The fourth-order valence-corrected chi connectivity index (χ4v) is 1.40. The summed E-state index contributed by atoms with van der Waals surface area (Å²) in [5, 5.41) is 2.86. The number of nitrogens with two attached hydrogens (primary N) is 1. The molecule has 0 atom stereocenters. The molecule has 0 unspecified atom stereocenters. The Bertz CT molecular complexity index is 440. The second-order valence-corrected chi connectivity index (χ2v) is 4.22. The number of carbonyl (C=O) groups is 1. The standard InChI is InChI=1S/C14H19N3O/c1-17(2)11-14(18)16-10-13-7-5-12(6-8-13)4-3-9-15/h5-8H,9-11,15H2,1-2H3,(H,16,18). The molecule has 0 heterocycles. The molecule has 96 valence electrons. The fraction of sp³-hybridized carbons (Fsp3) is 0.357. The highest BCUT2D eigenvalue weighted by Gasteiger charge is 2.02. The summed E-state index contributed by atoms with van der Waals surface area (Å²) in [5.41, 5.74) is 7.29. The summed E-state index contributed by atoms with van der Waals surface area (Å²) in [4.78, 5) is 13.3. The van der Waals surface area contributed by atoms with Crippen molar-refractivity contribution in [1.29, 1.82) is 0 Å². The third-order valence-electron chi connectivity index (χ3n) is 2.24. The van der Waals surface area contributed by atoms with Crippen molar-refractivity contribution in [3.05, 3.63) is 35.4 Å². The van der Waals surface area contributed by atoms with Gasteiger partial charge in [0, 0.05) is 12.1 Å². The molecular weight excluding hydrogens is 226 g/mol. The van der Waals surface area contributed by atoms with E-state index in [-0.39, 0.29) is 5.91 Å². The van der Waals surface area contributed by atoms with Crippen molar-refractivity contribution in [2.75, 3.05) is 27.2 Å². The topological polar surface area (TPSA) is 58.4 Å². The Morgan fingerprint density at radius 1 is 1.33 bits per heavy atom. The van der Waals surface area contributed by atoms with Gasteiger partial charge in [0.05, 0.1) is 13.1 Å². The van der Waals surface area contributed by atoms with Gasteiger partial charge in [0.2, 0.25) is 5.91 Å². The minimum absolute atomic E-state index is 0.0204. The largest absolute Gasteiger partial charge is 0.351 e. The number of likely N-dealkylation sites (N-methyl/N-ethyl adjacent to an activating group) is 1. The maximum atomic E-state index is 11.4. The van der Waals surface area contributed by atoms with Gasteiger partial charge in [-0.2, -0.15) is 0 Å². The van der Waals surface area contributed by atoms with Gasteiger partial charge >= 0.3 is 0 Å². The minimum Gasteiger partial charge on any atom is -0.351 e. The number of benzene rings is 1. The lowest BCUT2D eigenvalue weighted by molar-refractivity contribution is -0.121. The Morgan fingerprint density at radius 2 is 2.00 bits per heavy atom. The molecule has 4 heteroatoms. The monoisotopic (exact) mass is 245 g/mol. The molecule has 1 rings (SSSR count). The van der Waals surface area contributed by atoms with Crippen LogP contribution in [0.5, 0.6) is 0 Å². The summed E-state index contributed by atoms with van der Waals surface area (Å²) in [6, 6.07) is 7.76. The zero-order valence-electron chi connectivity index (χ0n) is 10.9. The highest BCUT2D eigenvalue weighted by atomic mass is 16.1. The van der Waals surface area contributed by atoms with Gasteiger partial charge in [0.1, 0.15) is 0 Å². The second kappa shape index (κ2) is 7.49. The van der Waals surface area contributed by atoms with Gasteiger partial charge in [-0.25, -0.2) is 0 Å². The molecule has 0 aliphatic rings. The van der Waals surface area contributed by atoms with E-state index in [1.54, 1.807) is 0 Å². The summed E-state index contributed by atoms with van der Waals surface area (Å²) in [7, 11) is 3.73.